The fourth-order valence-electron chi connectivity index (χ4n) is 0.117. The minimum atomic E-state index is -0.981. The number of aliphatic carboxylic acids is 1. The molecule has 0 saturated heterocycles. The predicted octanol–water partition coefficient (Wildman–Crippen LogP) is 1.11. The molecule has 0 atom stereocenters. The largest absolute Gasteiger partial charge is 0.478 e. The van der Waals surface area contributed by atoms with Crippen LogP contribution in [0.4, 0.5) is 0 Å². The number of rotatable bonds is 2. The first-order valence-electron chi connectivity index (χ1n) is 2.68. The molecule has 0 aliphatic rings. The fraction of sp³-hybridized carbons (Fsp3) is 0.143. The molecule has 0 amide bonds. The minimum absolute atomic E-state index is 0. The van der Waals surface area contributed by atoms with Crippen molar-refractivity contribution in [3.63, 3.8) is 0 Å². The normalized spacial score (nSPS) is 6.08. The lowest BCUT2D eigenvalue weighted by atomic mass is 10.7. The van der Waals surface area contributed by atoms with E-state index >= 15 is 0 Å². The van der Waals surface area contributed by atoms with Crippen LogP contribution in [0.15, 0.2) is 25.5 Å². The van der Waals surface area contributed by atoms with Gasteiger partial charge in [-0.05, 0) is 0 Å². The monoisotopic (exact) mass is 175 g/mol. The number of carboxylic acids is 1. The standard InChI is InChI=1S/C4H6O2.C3H4O2.H3N/c1-3-6-4(2)5;1-2-3(4)5;/h3H,1H2,2H3;2H,1H2,(H,4,5);1H3. The van der Waals surface area contributed by atoms with Crippen molar-refractivity contribution in [3.05, 3.63) is 25.5 Å². The van der Waals surface area contributed by atoms with E-state index in [1.54, 1.807) is 0 Å². The molecule has 0 heterocycles. The first-order valence-corrected chi connectivity index (χ1v) is 2.68. The molecule has 0 aromatic rings. The summed E-state index contributed by atoms with van der Waals surface area (Å²) in [5.41, 5.74) is 0. The number of carbonyl (C=O) groups is 2. The summed E-state index contributed by atoms with van der Waals surface area (Å²) >= 11 is 0. The van der Waals surface area contributed by atoms with Crippen LogP contribution >= 0.6 is 0 Å². The van der Waals surface area contributed by atoms with Crippen LogP contribution in [0.25, 0.3) is 0 Å². The number of ether oxygens (including phenoxy) is 1. The lowest BCUT2D eigenvalue weighted by molar-refractivity contribution is -0.135. The van der Waals surface area contributed by atoms with Crippen molar-refractivity contribution >= 4 is 11.9 Å². The summed E-state index contributed by atoms with van der Waals surface area (Å²) in [5.74, 6) is -1.31. The van der Waals surface area contributed by atoms with Crippen LogP contribution in [0.3, 0.4) is 0 Å². The number of carboxylic acid groups (broad SMARTS) is 1. The molecular weight excluding hydrogens is 162 g/mol. The number of hydrogen-bond donors (Lipinski definition) is 2. The topological polar surface area (TPSA) is 98.6 Å². The summed E-state index contributed by atoms with van der Waals surface area (Å²) in [7, 11) is 0. The molecule has 0 aliphatic carbocycles. The SMILES string of the molecule is C=CC(=O)O.C=COC(C)=O.N. The predicted molar refractivity (Wildman–Crippen MR) is 44.8 cm³/mol. The van der Waals surface area contributed by atoms with Gasteiger partial charge in [0.15, 0.2) is 0 Å². The first-order chi connectivity index (χ1) is 5.04. The molecule has 0 bridgehead atoms. The van der Waals surface area contributed by atoms with Crippen molar-refractivity contribution < 1.29 is 19.4 Å². The molecule has 12 heavy (non-hydrogen) atoms. The summed E-state index contributed by atoms with van der Waals surface area (Å²) < 4.78 is 4.17. The van der Waals surface area contributed by atoms with Crippen molar-refractivity contribution in [1.82, 2.24) is 6.15 Å². The van der Waals surface area contributed by atoms with Gasteiger partial charge in [0, 0.05) is 13.0 Å². The zero-order chi connectivity index (χ0) is 9.28. The molecule has 0 fully saturated rings. The molecule has 70 valence electrons. The Labute approximate surface area is 70.9 Å². The second-order valence-electron chi connectivity index (χ2n) is 1.32. The van der Waals surface area contributed by atoms with E-state index in [9.17, 15) is 9.59 Å². The molecule has 0 radical (unpaired) electrons. The van der Waals surface area contributed by atoms with E-state index in [2.05, 4.69) is 17.9 Å². The van der Waals surface area contributed by atoms with Crippen molar-refractivity contribution in [2.45, 2.75) is 6.92 Å². The highest BCUT2D eigenvalue weighted by Crippen LogP contribution is 1.70. The second kappa shape index (κ2) is 12.1. The van der Waals surface area contributed by atoms with Gasteiger partial charge in [-0.3, -0.25) is 4.79 Å². The molecule has 5 heteroatoms. The lowest BCUT2D eigenvalue weighted by Gasteiger charge is -1.83. The summed E-state index contributed by atoms with van der Waals surface area (Å²) in [6.45, 7) is 7.44. The summed E-state index contributed by atoms with van der Waals surface area (Å²) in [5, 5.41) is 7.60. The van der Waals surface area contributed by atoms with Gasteiger partial charge in [-0.1, -0.05) is 13.2 Å². The molecule has 0 aromatic carbocycles. The van der Waals surface area contributed by atoms with Gasteiger partial charge >= 0.3 is 11.9 Å². The first kappa shape index (κ1) is 16.8. The third-order valence-electron chi connectivity index (χ3n) is 0.424. The zero-order valence-electron chi connectivity index (χ0n) is 6.95. The summed E-state index contributed by atoms with van der Waals surface area (Å²) in [4.78, 5) is 19.0. The van der Waals surface area contributed by atoms with Crippen molar-refractivity contribution in [3.8, 4) is 0 Å². The van der Waals surface area contributed by atoms with Crippen LogP contribution in [0.2, 0.25) is 0 Å². The number of carbonyl (C=O) groups excluding carboxylic acids is 1. The third-order valence-corrected chi connectivity index (χ3v) is 0.424. The molecule has 0 spiro atoms. The maximum atomic E-state index is 9.75. The Kier molecular flexibility index (Phi) is 16.9. The molecular formula is C7H13NO4. The zero-order valence-corrected chi connectivity index (χ0v) is 6.95. The highest BCUT2D eigenvalue weighted by Gasteiger charge is 1.79. The van der Waals surface area contributed by atoms with Crippen LogP contribution in [0, 0.1) is 0 Å². The van der Waals surface area contributed by atoms with E-state index < -0.39 is 5.97 Å². The van der Waals surface area contributed by atoms with E-state index in [4.69, 9.17) is 5.11 Å². The average Bonchev–Trinajstić information content (AvgIpc) is 1.89. The minimum Gasteiger partial charge on any atom is -0.478 e. The Morgan fingerprint density at radius 2 is 1.75 bits per heavy atom. The molecule has 4 N–H and O–H groups in total. The van der Waals surface area contributed by atoms with Gasteiger partial charge < -0.3 is 16.0 Å². The van der Waals surface area contributed by atoms with Crippen LogP contribution in [0.1, 0.15) is 6.92 Å². The molecule has 0 saturated carbocycles. The van der Waals surface area contributed by atoms with Crippen LogP contribution < -0.4 is 6.15 Å². The number of hydrogen-bond acceptors (Lipinski definition) is 4. The Balaban J connectivity index is -0.000000126. The number of esters is 1. The van der Waals surface area contributed by atoms with Gasteiger partial charge in [0.2, 0.25) is 0 Å². The quantitative estimate of drug-likeness (QED) is 0.372. The maximum Gasteiger partial charge on any atom is 0.327 e. The van der Waals surface area contributed by atoms with Gasteiger partial charge in [0.1, 0.15) is 0 Å². The third kappa shape index (κ3) is 40.0. The Morgan fingerprint density at radius 1 is 1.42 bits per heavy atom. The summed E-state index contributed by atoms with van der Waals surface area (Å²) in [6.07, 6.45) is 1.93. The molecule has 0 aromatic heterocycles. The van der Waals surface area contributed by atoms with Gasteiger partial charge in [0.25, 0.3) is 0 Å². The van der Waals surface area contributed by atoms with Crippen molar-refractivity contribution in [1.29, 1.82) is 0 Å². The highest BCUT2D eigenvalue weighted by atomic mass is 16.5. The molecule has 5 nitrogen and oxygen atoms in total. The van der Waals surface area contributed by atoms with Crippen molar-refractivity contribution in [2.24, 2.45) is 0 Å². The molecule has 0 rings (SSSR count). The fourth-order valence-corrected chi connectivity index (χ4v) is 0.117. The smallest absolute Gasteiger partial charge is 0.327 e. The lowest BCUT2D eigenvalue weighted by Crippen LogP contribution is -1.87. The van der Waals surface area contributed by atoms with E-state index in [-0.39, 0.29) is 12.1 Å². The molecule has 0 aliphatic heterocycles. The van der Waals surface area contributed by atoms with E-state index in [1.807, 2.05) is 0 Å². The average molecular weight is 175 g/mol. The molecule has 0 unspecified atom stereocenters. The van der Waals surface area contributed by atoms with Crippen LogP contribution in [-0.2, 0) is 14.3 Å². The van der Waals surface area contributed by atoms with Crippen LogP contribution in [0.5, 0.6) is 0 Å². The van der Waals surface area contributed by atoms with E-state index in [0.29, 0.717) is 0 Å². The Morgan fingerprint density at radius 3 is 1.75 bits per heavy atom. The second-order valence-corrected chi connectivity index (χ2v) is 1.32. The summed E-state index contributed by atoms with van der Waals surface area (Å²) in [6, 6.07) is 0. The Bertz CT molecular complexity index is 165. The Hall–Kier alpha value is -1.62. The highest BCUT2D eigenvalue weighted by molar-refractivity contribution is 5.78. The van der Waals surface area contributed by atoms with E-state index in [1.165, 1.54) is 6.92 Å². The van der Waals surface area contributed by atoms with Gasteiger partial charge in [-0.25, -0.2) is 4.79 Å². The van der Waals surface area contributed by atoms with Gasteiger partial charge in [-0.15, -0.1) is 0 Å². The van der Waals surface area contributed by atoms with Crippen molar-refractivity contribution in [2.75, 3.05) is 0 Å². The van der Waals surface area contributed by atoms with Gasteiger partial charge in [0.05, 0.1) is 6.26 Å². The maximum absolute atomic E-state index is 9.75. The van der Waals surface area contributed by atoms with Gasteiger partial charge in [-0.2, -0.15) is 0 Å². The van der Waals surface area contributed by atoms with Crippen LogP contribution in [-0.4, -0.2) is 17.0 Å². The van der Waals surface area contributed by atoms with E-state index in [0.717, 1.165) is 12.3 Å².